The third kappa shape index (κ3) is 30.4. The highest BCUT2D eigenvalue weighted by molar-refractivity contribution is 7.47. The van der Waals surface area contributed by atoms with E-state index in [4.69, 9.17) is 19.1 Å². The number of esters is 2. The summed E-state index contributed by atoms with van der Waals surface area (Å²) in [7, 11) is -4.62. The minimum atomic E-state index is -4.62. The molecule has 3 atom stereocenters. The van der Waals surface area contributed by atoms with Crippen molar-refractivity contribution in [1.82, 2.24) is 0 Å². The van der Waals surface area contributed by atoms with E-state index in [0.717, 1.165) is 44.9 Å². The van der Waals surface area contributed by atoms with E-state index >= 15 is 0 Å². The molecule has 0 aliphatic rings. The van der Waals surface area contributed by atoms with Crippen molar-refractivity contribution in [3.63, 3.8) is 0 Å². The molecule has 0 amide bonds. The Balaban J connectivity index is 4.59. The summed E-state index contributed by atoms with van der Waals surface area (Å²) in [6.45, 7) is 2.11. The lowest BCUT2D eigenvalue weighted by molar-refractivity contribution is -0.161. The summed E-state index contributed by atoms with van der Waals surface area (Å²) in [5.41, 5.74) is 0. The van der Waals surface area contributed by atoms with Gasteiger partial charge in [0.25, 0.3) is 0 Å². The summed E-state index contributed by atoms with van der Waals surface area (Å²) in [6.07, 6.45) is 28.3. The predicted octanol–water partition coefficient (Wildman–Crippen LogP) is 7.43. The second-order valence-corrected chi connectivity index (χ2v) is 12.3. The number of aliphatic hydroxyl groups is 2. The van der Waals surface area contributed by atoms with Gasteiger partial charge >= 0.3 is 19.8 Å². The van der Waals surface area contributed by atoms with E-state index in [1.165, 1.54) is 32.1 Å². The zero-order valence-corrected chi connectivity index (χ0v) is 28.5. The van der Waals surface area contributed by atoms with Crippen LogP contribution >= 0.6 is 7.82 Å². The minimum absolute atomic E-state index is 0.0626. The van der Waals surface area contributed by atoms with E-state index in [1.807, 2.05) is 18.2 Å². The third-order valence-electron chi connectivity index (χ3n) is 6.51. The Morgan fingerprint density at radius 1 is 0.689 bits per heavy atom. The molecule has 0 aliphatic carbocycles. The third-order valence-corrected chi connectivity index (χ3v) is 7.46. The maximum atomic E-state index is 12.4. The Kier molecular flexibility index (Phi) is 29.2. The molecule has 3 unspecified atom stereocenters. The van der Waals surface area contributed by atoms with Crippen molar-refractivity contribution in [3.05, 3.63) is 48.6 Å². The molecule has 0 saturated carbocycles. The van der Waals surface area contributed by atoms with Crippen molar-refractivity contribution in [2.45, 2.75) is 129 Å². The quantitative estimate of drug-likeness (QED) is 0.0308. The van der Waals surface area contributed by atoms with Gasteiger partial charge in [-0.25, -0.2) is 4.57 Å². The van der Waals surface area contributed by atoms with Crippen molar-refractivity contribution >= 4 is 19.8 Å². The van der Waals surface area contributed by atoms with Gasteiger partial charge in [-0.2, -0.15) is 0 Å². The summed E-state index contributed by atoms with van der Waals surface area (Å²) in [5, 5.41) is 18.2. The number of unbranched alkanes of at least 4 members (excludes halogenated alkanes) is 8. The first-order valence-corrected chi connectivity index (χ1v) is 18.1. The molecule has 0 aliphatic heterocycles. The fraction of sp³-hybridized carbons (Fsp3) is 0.706. The highest BCUT2D eigenvalue weighted by Gasteiger charge is 2.27. The van der Waals surface area contributed by atoms with Gasteiger partial charge in [0.05, 0.1) is 19.8 Å². The van der Waals surface area contributed by atoms with Crippen molar-refractivity contribution in [3.8, 4) is 0 Å². The lowest BCUT2D eigenvalue weighted by atomic mass is 10.1. The van der Waals surface area contributed by atoms with E-state index in [9.17, 15) is 24.2 Å². The van der Waals surface area contributed by atoms with Crippen LogP contribution in [0.3, 0.4) is 0 Å². The molecule has 11 heteroatoms. The van der Waals surface area contributed by atoms with Gasteiger partial charge in [0, 0.05) is 12.8 Å². The van der Waals surface area contributed by atoms with Crippen molar-refractivity contribution < 1.29 is 47.8 Å². The smallest absolute Gasteiger partial charge is 0.462 e. The molecule has 0 rings (SSSR count). The first kappa shape index (κ1) is 42.9. The van der Waals surface area contributed by atoms with Crippen LogP contribution in [0.2, 0.25) is 0 Å². The van der Waals surface area contributed by atoms with Crippen LogP contribution < -0.4 is 0 Å². The van der Waals surface area contributed by atoms with Gasteiger partial charge in [0.1, 0.15) is 12.7 Å². The summed E-state index contributed by atoms with van der Waals surface area (Å²) in [6, 6.07) is 0. The van der Waals surface area contributed by atoms with Gasteiger partial charge in [-0.1, -0.05) is 114 Å². The molecule has 0 aromatic rings. The molecule has 3 N–H and O–H groups in total. The molecule has 0 bridgehead atoms. The molecule has 260 valence electrons. The van der Waals surface area contributed by atoms with Gasteiger partial charge in [-0.05, 0) is 38.5 Å². The average Bonchev–Trinajstić information content (AvgIpc) is 3.02. The summed E-state index contributed by atoms with van der Waals surface area (Å²) in [4.78, 5) is 34.5. The fourth-order valence-corrected chi connectivity index (χ4v) is 4.73. The molecule has 0 spiro atoms. The number of hydrogen-bond donors (Lipinski definition) is 3. The lowest BCUT2D eigenvalue weighted by Gasteiger charge is -2.20. The van der Waals surface area contributed by atoms with Gasteiger partial charge in [0.15, 0.2) is 6.10 Å². The molecular weight excluding hydrogens is 599 g/mol. The van der Waals surface area contributed by atoms with E-state index in [2.05, 4.69) is 48.8 Å². The monoisotopic (exact) mass is 658 g/mol. The highest BCUT2D eigenvalue weighted by atomic mass is 31.2. The second kappa shape index (κ2) is 30.6. The number of aliphatic hydroxyl groups excluding tert-OH is 2. The number of allylic oxidation sites excluding steroid dienone is 8. The molecule has 0 aromatic heterocycles. The topological polar surface area (TPSA) is 149 Å². The molecule has 10 nitrogen and oxygen atoms in total. The first-order chi connectivity index (χ1) is 21.7. The summed E-state index contributed by atoms with van der Waals surface area (Å²) >= 11 is 0. The maximum absolute atomic E-state index is 12.4. The standard InChI is InChI=1S/C34H59O10P/c1-3-5-7-9-11-13-14-15-16-18-20-22-24-26-34(38)44-32(30-43-45(39,40)42-28-31(36)27-35)29-41-33(37)25-23-21-19-17-12-10-8-6-4-2/h5,7,11,13,15-16,20,22,31-32,35-36H,3-4,6,8-10,12,14,17-19,21,23-30H2,1-2H3,(H,39,40)/b7-5-,13-11-,16-15-,22-20-. The molecule has 0 heterocycles. The summed E-state index contributed by atoms with van der Waals surface area (Å²) in [5.74, 6) is -1.03. The van der Waals surface area contributed by atoms with Gasteiger partial charge < -0.3 is 24.6 Å². The van der Waals surface area contributed by atoms with Crippen LogP contribution in [0.4, 0.5) is 0 Å². The Morgan fingerprint density at radius 2 is 1.22 bits per heavy atom. The highest BCUT2D eigenvalue weighted by Crippen LogP contribution is 2.43. The molecule has 0 radical (unpaired) electrons. The fourth-order valence-electron chi connectivity index (χ4n) is 3.95. The average molecular weight is 659 g/mol. The SMILES string of the molecule is CC/C=C\C/C=C\C/C=C\C/C=C\CCC(=O)OC(COC(=O)CCCCCCCCCCC)COP(=O)(O)OCC(O)CO. The van der Waals surface area contributed by atoms with Crippen LogP contribution in [-0.4, -0.2) is 65.7 Å². The normalized spacial score (nSPS) is 14.9. The Morgan fingerprint density at radius 3 is 1.80 bits per heavy atom. The van der Waals surface area contributed by atoms with Gasteiger partial charge in [-0.3, -0.25) is 18.6 Å². The van der Waals surface area contributed by atoms with Crippen LogP contribution in [0.5, 0.6) is 0 Å². The number of carbonyl (C=O) groups is 2. The van der Waals surface area contributed by atoms with Crippen LogP contribution in [0, 0.1) is 0 Å². The van der Waals surface area contributed by atoms with Crippen LogP contribution in [-0.2, 0) is 32.7 Å². The Labute approximate surface area is 271 Å². The molecule has 0 fully saturated rings. The number of hydrogen-bond acceptors (Lipinski definition) is 9. The molecule has 0 aromatic carbocycles. The van der Waals surface area contributed by atoms with Crippen molar-refractivity contribution in [1.29, 1.82) is 0 Å². The summed E-state index contributed by atoms with van der Waals surface area (Å²) < 4.78 is 32.3. The Hall–Kier alpha value is -2.07. The zero-order chi connectivity index (χ0) is 33.4. The lowest BCUT2D eigenvalue weighted by Crippen LogP contribution is -2.29. The van der Waals surface area contributed by atoms with Crippen LogP contribution in [0.25, 0.3) is 0 Å². The van der Waals surface area contributed by atoms with Gasteiger partial charge in [0.2, 0.25) is 0 Å². The van der Waals surface area contributed by atoms with Crippen molar-refractivity contribution in [2.75, 3.05) is 26.4 Å². The van der Waals surface area contributed by atoms with Crippen LogP contribution in [0.1, 0.15) is 117 Å². The maximum Gasteiger partial charge on any atom is 0.472 e. The van der Waals surface area contributed by atoms with E-state index in [1.54, 1.807) is 0 Å². The number of ether oxygens (including phenoxy) is 2. The minimum Gasteiger partial charge on any atom is -0.462 e. The number of phosphoric acid groups is 1. The van der Waals surface area contributed by atoms with E-state index in [0.29, 0.717) is 12.8 Å². The molecule has 45 heavy (non-hydrogen) atoms. The number of carbonyl (C=O) groups excluding carboxylic acids is 2. The second-order valence-electron chi connectivity index (χ2n) is 10.8. The van der Waals surface area contributed by atoms with Crippen LogP contribution in [0.15, 0.2) is 48.6 Å². The predicted molar refractivity (Wildman–Crippen MR) is 177 cm³/mol. The van der Waals surface area contributed by atoms with E-state index in [-0.39, 0.29) is 19.4 Å². The number of phosphoric ester groups is 1. The zero-order valence-electron chi connectivity index (χ0n) is 27.6. The first-order valence-electron chi connectivity index (χ1n) is 16.6. The largest absolute Gasteiger partial charge is 0.472 e. The van der Waals surface area contributed by atoms with Gasteiger partial charge in [-0.15, -0.1) is 0 Å². The Bertz CT molecular complexity index is 899. The van der Waals surface area contributed by atoms with Crippen molar-refractivity contribution in [2.24, 2.45) is 0 Å². The number of rotatable bonds is 30. The molecular formula is C34H59O10P. The molecule has 0 saturated heterocycles. The van der Waals surface area contributed by atoms with E-state index < -0.39 is 51.8 Å².